The van der Waals surface area contributed by atoms with E-state index in [1.807, 2.05) is 48.5 Å². The lowest BCUT2D eigenvalue weighted by atomic mass is 10.2. The van der Waals surface area contributed by atoms with Crippen molar-refractivity contribution in [2.24, 2.45) is 5.10 Å². The summed E-state index contributed by atoms with van der Waals surface area (Å²) in [5.74, 6) is 0.635. The maximum atomic E-state index is 8.55. The van der Waals surface area contributed by atoms with Crippen LogP contribution in [0.15, 0.2) is 53.6 Å². The van der Waals surface area contributed by atoms with Crippen molar-refractivity contribution in [3.05, 3.63) is 64.7 Å². The second kappa shape index (κ2) is 7.93. The minimum atomic E-state index is 0.0169. The lowest BCUT2D eigenvalue weighted by Crippen LogP contribution is -2.06. The number of para-hydroxylation sites is 1. The first-order chi connectivity index (χ1) is 10.3. The van der Waals surface area contributed by atoms with Crippen LogP contribution in [-0.2, 0) is 6.54 Å². The molecule has 0 fully saturated rings. The lowest BCUT2D eigenvalue weighted by molar-refractivity contribution is 0.367. The van der Waals surface area contributed by atoms with Gasteiger partial charge in [0.25, 0.3) is 0 Å². The number of halogens is 1. The van der Waals surface area contributed by atoms with E-state index >= 15 is 0 Å². The quantitative estimate of drug-likeness (QED) is 0.657. The molecule has 0 atom stereocenters. The van der Waals surface area contributed by atoms with Crippen LogP contribution in [0, 0.1) is 11.3 Å². The van der Waals surface area contributed by atoms with Gasteiger partial charge in [-0.15, -0.1) is 0 Å². The summed E-state index contributed by atoms with van der Waals surface area (Å²) in [5.41, 5.74) is 4.86. The summed E-state index contributed by atoms with van der Waals surface area (Å²) in [4.78, 5) is 0. The Hall–Kier alpha value is -2.51. The van der Waals surface area contributed by atoms with E-state index in [1.165, 1.54) is 0 Å². The van der Waals surface area contributed by atoms with Crippen LogP contribution in [-0.4, -0.2) is 12.8 Å². The predicted molar refractivity (Wildman–Crippen MR) is 83.4 cm³/mol. The molecular weight excluding hydrogens is 286 g/mol. The van der Waals surface area contributed by atoms with Crippen LogP contribution < -0.4 is 10.2 Å². The van der Waals surface area contributed by atoms with Gasteiger partial charge in [-0.2, -0.15) is 10.4 Å². The number of hydrogen-bond donors (Lipinski definition) is 1. The van der Waals surface area contributed by atoms with Crippen LogP contribution >= 0.6 is 11.6 Å². The van der Waals surface area contributed by atoms with Gasteiger partial charge in [0, 0.05) is 10.6 Å². The van der Waals surface area contributed by atoms with Crippen LogP contribution in [0.2, 0.25) is 5.02 Å². The zero-order valence-corrected chi connectivity index (χ0v) is 12.0. The average molecular weight is 300 g/mol. The fourth-order valence-corrected chi connectivity index (χ4v) is 1.81. The summed E-state index contributed by atoms with van der Waals surface area (Å²) in [5, 5.41) is 13.4. The Bertz CT molecular complexity index is 647. The molecule has 0 aliphatic carbocycles. The Morgan fingerprint density at radius 2 is 1.95 bits per heavy atom. The van der Waals surface area contributed by atoms with Gasteiger partial charge in [0.2, 0.25) is 0 Å². The van der Waals surface area contributed by atoms with Gasteiger partial charge in [0.15, 0.2) is 6.61 Å². The molecule has 0 amide bonds. The summed E-state index contributed by atoms with van der Waals surface area (Å²) >= 11 is 5.83. The van der Waals surface area contributed by atoms with Gasteiger partial charge in [0.1, 0.15) is 11.8 Å². The number of rotatable bonds is 6. The molecule has 0 spiro atoms. The third kappa shape index (κ3) is 4.83. The van der Waals surface area contributed by atoms with Crippen molar-refractivity contribution < 1.29 is 4.74 Å². The number of nitriles is 1. The highest BCUT2D eigenvalue weighted by molar-refractivity contribution is 6.30. The maximum Gasteiger partial charge on any atom is 0.174 e. The second-order valence-corrected chi connectivity index (χ2v) is 4.64. The molecule has 0 bridgehead atoms. The van der Waals surface area contributed by atoms with Crippen LogP contribution in [0.3, 0.4) is 0 Å². The van der Waals surface area contributed by atoms with Crippen LogP contribution in [0.25, 0.3) is 0 Å². The van der Waals surface area contributed by atoms with E-state index in [1.54, 1.807) is 12.3 Å². The fourth-order valence-electron chi connectivity index (χ4n) is 1.68. The van der Waals surface area contributed by atoms with E-state index in [-0.39, 0.29) is 6.61 Å². The van der Waals surface area contributed by atoms with Crippen molar-refractivity contribution in [2.45, 2.75) is 6.54 Å². The molecule has 21 heavy (non-hydrogen) atoms. The monoisotopic (exact) mass is 299 g/mol. The second-order valence-electron chi connectivity index (χ2n) is 4.20. The molecule has 0 aliphatic heterocycles. The van der Waals surface area contributed by atoms with Crippen molar-refractivity contribution in [1.29, 1.82) is 5.26 Å². The molecular formula is C16H14ClN3O. The molecule has 2 rings (SSSR count). The largest absolute Gasteiger partial charge is 0.478 e. The Morgan fingerprint density at radius 1 is 1.19 bits per heavy atom. The van der Waals surface area contributed by atoms with Gasteiger partial charge in [-0.1, -0.05) is 35.9 Å². The summed E-state index contributed by atoms with van der Waals surface area (Å²) in [6.45, 7) is 0.623. The maximum absolute atomic E-state index is 8.55. The van der Waals surface area contributed by atoms with E-state index in [9.17, 15) is 0 Å². The molecule has 0 aliphatic rings. The van der Waals surface area contributed by atoms with E-state index in [2.05, 4.69) is 10.5 Å². The summed E-state index contributed by atoms with van der Waals surface area (Å²) in [6.07, 6.45) is 1.67. The molecule has 0 saturated heterocycles. The minimum Gasteiger partial charge on any atom is -0.478 e. The van der Waals surface area contributed by atoms with Crippen LogP contribution in [0.1, 0.15) is 11.1 Å². The zero-order valence-electron chi connectivity index (χ0n) is 11.3. The number of nitrogens with zero attached hydrogens (tertiary/aromatic N) is 2. The SMILES string of the molecule is N#CCOc1ccccc1/C=N\NCc1ccc(Cl)cc1. The summed E-state index contributed by atoms with van der Waals surface area (Å²) in [6, 6.07) is 16.9. The number of ether oxygens (including phenoxy) is 1. The topological polar surface area (TPSA) is 57.4 Å². The zero-order chi connectivity index (χ0) is 14.9. The Labute approximate surface area is 128 Å². The first-order valence-electron chi connectivity index (χ1n) is 6.39. The average Bonchev–Trinajstić information content (AvgIpc) is 2.52. The highest BCUT2D eigenvalue weighted by atomic mass is 35.5. The molecule has 2 aromatic carbocycles. The smallest absolute Gasteiger partial charge is 0.174 e. The first kappa shape index (κ1) is 14.9. The lowest BCUT2D eigenvalue weighted by Gasteiger charge is -2.05. The molecule has 2 aromatic rings. The van der Waals surface area contributed by atoms with E-state index < -0.39 is 0 Å². The molecule has 106 valence electrons. The molecule has 0 aromatic heterocycles. The van der Waals surface area contributed by atoms with E-state index in [0.29, 0.717) is 17.3 Å². The van der Waals surface area contributed by atoms with Crippen molar-refractivity contribution in [2.75, 3.05) is 6.61 Å². The van der Waals surface area contributed by atoms with Gasteiger partial charge in [-0.05, 0) is 29.8 Å². The fraction of sp³-hybridized carbons (Fsp3) is 0.125. The number of benzene rings is 2. The minimum absolute atomic E-state index is 0.0169. The van der Waals surface area contributed by atoms with Gasteiger partial charge in [-0.25, -0.2) is 0 Å². The molecule has 0 saturated carbocycles. The number of hydrogen-bond acceptors (Lipinski definition) is 4. The molecule has 1 N–H and O–H groups in total. The predicted octanol–water partition coefficient (Wildman–Crippen LogP) is 3.37. The number of nitrogens with one attached hydrogen (secondary N) is 1. The molecule has 0 unspecified atom stereocenters. The first-order valence-corrected chi connectivity index (χ1v) is 6.76. The third-order valence-electron chi connectivity index (χ3n) is 2.70. The Kier molecular flexibility index (Phi) is 5.62. The molecule has 0 radical (unpaired) electrons. The van der Waals surface area contributed by atoms with E-state index in [0.717, 1.165) is 11.1 Å². The molecule has 5 heteroatoms. The standard InChI is InChI=1S/C16H14ClN3O/c17-15-7-5-13(6-8-15)11-19-20-12-14-3-1-2-4-16(14)21-10-9-18/h1-8,12,19H,10-11H2/b20-12-. The molecule has 4 nitrogen and oxygen atoms in total. The normalized spacial score (nSPS) is 10.3. The molecule has 0 heterocycles. The van der Waals surface area contributed by atoms with Crippen molar-refractivity contribution in [3.63, 3.8) is 0 Å². The highest BCUT2D eigenvalue weighted by Gasteiger charge is 1.99. The van der Waals surface area contributed by atoms with Gasteiger partial charge < -0.3 is 10.2 Å². The highest BCUT2D eigenvalue weighted by Crippen LogP contribution is 2.15. The van der Waals surface area contributed by atoms with Crippen LogP contribution in [0.5, 0.6) is 5.75 Å². The van der Waals surface area contributed by atoms with Gasteiger partial charge in [0.05, 0.1) is 12.8 Å². The number of hydrazone groups is 1. The summed E-state index contributed by atoms with van der Waals surface area (Å²) < 4.78 is 5.32. The van der Waals surface area contributed by atoms with Crippen molar-refractivity contribution in [3.8, 4) is 11.8 Å². The van der Waals surface area contributed by atoms with E-state index in [4.69, 9.17) is 21.6 Å². The van der Waals surface area contributed by atoms with Crippen molar-refractivity contribution in [1.82, 2.24) is 5.43 Å². The third-order valence-corrected chi connectivity index (χ3v) is 2.95. The van der Waals surface area contributed by atoms with Crippen molar-refractivity contribution >= 4 is 17.8 Å². The Balaban J connectivity index is 1.92. The van der Waals surface area contributed by atoms with Crippen LogP contribution in [0.4, 0.5) is 0 Å². The van der Waals surface area contributed by atoms with Gasteiger partial charge >= 0.3 is 0 Å². The summed E-state index contributed by atoms with van der Waals surface area (Å²) in [7, 11) is 0. The van der Waals surface area contributed by atoms with Gasteiger partial charge in [-0.3, -0.25) is 0 Å². The Morgan fingerprint density at radius 3 is 2.71 bits per heavy atom.